The molecule has 0 aliphatic carbocycles. The Labute approximate surface area is 202 Å². The summed E-state index contributed by atoms with van der Waals surface area (Å²) >= 11 is 5.48. The first kappa shape index (κ1) is 24.6. The van der Waals surface area contributed by atoms with Crippen molar-refractivity contribution < 1.29 is 19.2 Å². The van der Waals surface area contributed by atoms with Crippen LogP contribution in [0.2, 0.25) is 0 Å². The molecule has 0 saturated carbocycles. The van der Waals surface area contributed by atoms with Gasteiger partial charge in [0.1, 0.15) is 0 Å². The lowest BCUT2D eigenvalue weighted by molar-refractivity contribution is -0.384. The smallest absolute Gasteiger partial charge is 0.338 e. The largest absolute Gasteiger partial charge is 0.463 e. The van der Waals surface area contributed by atoms with E-state index in [-0.39, 0.29) is 12.3 Å². The van der Waals surface area contributed by atoms with E-state index >= 15 is 0 Å². The molecule has 0 bridgehead atoms. The number of benzene rings is 2. The fraction of sp³-hybridized carbons (Fsp3) is 0.261. The molecule has 34 heavy (non-hydrogen) atoms. The zero-order valence-electron chi connectivity index (χ0n) is 19.0. The molecule has 11 heteroatoms. The van der Waals surface area contributed by atoms with Crippen molar-refractivity contribution in [1.82, 2.24) is 10.2 Å². The maximum atomic E-state index is 12.7. The van der Waals surface area contributed by atoms with E-state index in [0.29, 0.717) is 28.6 Å². The SMILES string of the molecule is CCOC(=O)C1=C(C)N(CC)C(=S)NC1c1ccc(NC(=O)Nc2ccc([N+](=O)[O-])cc2)cc1. The number of anilines is 2. The second-order valence-corrected chi connectivity index (χ2v) is 7.74. The zero-order chi connectivity index (χ0) is 24.8. The third-order valence-electron chi connectivity index (χ3n) is 5.25. The van der Waals surface area contributed by atoms with Crippen molar-refractivity contribution in [2.45, 2.75) is 26.8 Å². The highest BCUT2D eigenvalue weighted by molar-refractivity contribution is 7.80. The van der Waals surface area contributed by atoms with Crippen molar-refractivity contribution in [3.05, 3.63) is 75.5 Å². The Morgan fingerprint density at radius 2 is 1.65 bits per heavy atom. The van der Waals surface area contributed by atoms with E-state index in [9.17, 15) is 19.7 Å². The number of carbonyl (C=O) groups is 2. The van der Waals surface area contributed by atoms with E-state index in [4.69, 9.17) is 17.0 Å². The van der Waals surface area contributed by atoms with Gasteiger partial charge >= 0.3 is 12.0 Å². The number of carbonyl (C=O) groups excluding carboxylic acids is 2. The normalized spacial score (nSPS) is 15.4. The van der Waals surface area contributed by atoms with Crippen LogP contribution in [-0.2, 0) is 9.53 Å². The number of allylic oxidation sites excluding steroid dienone is 1. The molecule has 0 aromatic heterocycles. The summed E-state index contributed by atoms with van der Waals surface area (Å²) in [5, 5.41) is 19.8. The van der Waals surface area contributed by atoms with Crippen molar-refractivity contribution in [3.63, 3.8) is 0 Å². The average Bonchev–Trinajstić information content (AvgIpc) is 2.80. The number of ether oxygens (including phenoxy) is 1. The first-order valence-corrected chi connectivity index (χ1v) is 11.0. The zero-order valence-corrected chi connectivity index (χ0v) is 19.8. The first-order chi connectivity index (χ1) is 16.2. The summed E-state index contributed by atoms with van der Waals surface area (Å²) in [6, 6.07) is 11.5. The van der Waals surface area contributed by atoms with Gasteiger partial charge in [-0.1, -0.05) is 12.1 Å². The molecule has 2 aromatic carbocycles. The quantitative estimate of drug-likeness (QED) is 0.230. The van der Waals surface area contributed by atoms with E-state index in [2.05, 4.69) is 16.0 Å². The van der Waals surface area contributed by atoms with Crippen LogP contribution in [-0.4, -0.2) is 40.1 Å². The summed E-state index contributed by atoms with van der Waals surface area (Å²) in [4.78, 5) is 37.1. The predicted octanol–water partition coefficient (Wildman–Crippen LogP) is 4.33. The van der Waals surface area contributed by atoms with Crippen molar-refractivity contribution >= 4 is 46.4 Å². The number of amides is 2. The van der Waals surface area contributed by atoms with Gasteiger partial charge < -0.3 is 25.6 Å². The predicted molar refractivity (Wildman–Crippen MR) is 132 cm³/mol. The summed E-state index contributed by atoms with van der Waals surface area (Å²) in [5.41, 5.74) is 2.87. The number of hydrogen-bond donors (Lipinski definition) is 3. The Morgan fingerprint density at radius 3 is 2.15 bits per heavy atom. The number of non-ortho nitro benzene ring substituents is 1. The van der Waals surface area contributed by atoms with E-state index < -0.39 is 23.0 Å². The Morgan fingerprint density at radius 1 is 1.09 bits per heavy atom. The lowest BCUT2D eigenvalue weighted by Crippen LogP contribution is -2.47. The Balaban J connectivity index is 1.75. The standard InChI is InChI=1S/C23H25N5O5S/c1-4-27-14(3)19(21(29)33-5-2)20(26-23(27)34)15-6-8-16(9-7-15)24-22(30)25-17-10-12-18(13-11-17)28(31)32/h6-13,20H,4-5H2,1-3H3,(H,26,34)(H2,24,25,30). The second kappa shape index (κ2) is 10.8. The molecule has 2 aromatic rings. The summed E-state index contributed by atoms with van der Waals surface area (Å²) in [6.45, 7) is 6.41. The number of esters is 1. The van der Waals surface area contributed by atoms with E-state index in [1.165, 1.54) is 24.3 Å². The van der Waals surface area contributed by atoms with E-state index in [0.717, 1.165) is 11.3 Å². The number of nitro benzene ring substituents is 1. The fourth-order valence-corrected chi connectivity index (χ4v) is 3.99. The maximum absolute atomic E-state index is 12.7. The summed E-state index contributed by atoms with van der Waals surface area (Å²) in [7, 11) is 0. The number of rotatable bonds is 7. The topological polar surface area (TPSA) is 126 Å². The molecule has 1 unspecified atom stereocenters. The molecule has 1 aliphatic rings. The van der Waals surface area contributed by atoms with Crippen molar-refractivity contribution in [2.24, 2.45) is 0 Å². The molecule has 178 valence electrons. The number of nitrogens with zero attached hydrogens (tertiary/aromatic N) is 2. The van der Waals surface area contributed by atoms with Gasteiger partial charge in [0.05, 0.1) is 23.1 Å². The maximum Gasteiger partial charge on any atom is 0.338 e. The lowest BCUT2D eigenvalue weighted by Gasteiger charge is -2.37. The van der Waals surface area contributed by atoms with Gasteiger partial charge in [0.25, 0.3) is 5.69 Å². The molecule has 1 atom stereocenters. The molecule has 0 spiro atoms. The van der Waals surface area contributed by atoms with Gasteiger partial charge in [-0.3, -0.25) is 10.1 Å². The molecule has 0 saturated heterocycles. The third-order valence-corrected chi connectivity index (χ3v) is 5.58. The summed E-state index contributed by atoms with van der Waals surface area (Å²) < 4.78 is 5.28. The minimum Gasteiger partial charge on any atom is -0.463 e. The molecule has 3 N–H and O–H groups in total. The number of nitrogens with one attached hydrogen (secondary N) is 3. The number of urea groups is 1. The molecule has 1 aliphatic heterocycles. The van der Waals surface area contributed by atoms with Gasteiger partial charge in [-0.2, -0.15) is 0 Å². The lowest BCUT2D eigenvalue weighted by atomic mass is 9.95. The fourth-order valence-electron chi connectivity index (χ4n) is 3.60. The van der Waals surface area contributed by atoms with Crippen LogP contribution in [0.4, 0.5) is 21.9 Å². The van der Waals surface area contributed by atoms with Crippen LogP contribution in [0.3, 0.4) is 0 Å². The third kappa shape index (κ3) is 5.49. The van der Waals surface area contributed by atoms with Gasteiger partial charge in [-0.25, -0.2) is 9.59 Å². The number of nitro groups is 1. The van der Waals surface area contributed by atoms with Crippen LogP contribution in [0, 0.1) is 10.1 Å². The second-order valence-electron chi connectivity index (χ2n) is 7.35. The molecule has 10 nitrogen and oxygen atoms in total. The minimum atomic E-state index is -0.511. The average molecular weight is 484 g/mol. The number of hydrogen-bond acceptors (Lipinski definition) is 6. The first-order valence-electron chi connectivity index (χ1n) is 10.6. The van der Waals surface area contributed by atoms with Crippen LogP contribution in [0.5, 0.6) is 0 Å². The Hall–Kier alpha value is -3.99. The molecule has 0 radical (unpaired) electrons. The summed E-state index contributed by atoms with van der Waals surface area (Å²) in [6.07, 6.45) is 0. The van der Waals surface area contributed by atoms with Crippen molar-refractivity contribution in [2.75, 3.05) is 23.8 Å². The van der Waals surface area contributed by atoms with Gasteiger partial charge in [-0.05, 0) is 62.8 Å². The van der Waals surface area contributed by atoms with Gasteiger partial charge in [0.15, 0.2) is 5.11 Å². The minimum absolute atomic E-state index is 0.0640. The molecule has 2 amide bonds. The molecule has 3 rings (SSSR count). The van der Waals surface area contributed by atoms with Crippen molar-refractivity contribution in [3.8, 4) is 0 Å². The van der Waals surface area contributed by atoms with Gasteiger partial charge in [-0.15, -0.1) is 0 Å². The van der Waals surface area contributed by atoms with Gasteiger partial charge in [0, 0.05) is 35.7 Å². The van der Waals surface area contributed by atoms with E-state index in [1.54, 1.807) is 31.2 Å². The van der Waals surface area contributed by atoms with Crippen LogP contribution >= 0.6 is 12.2 Å². The Bertz CT molecular complexity index is 1130. The highest BCUT2D eigenvalue weighted by Crippen LogP contribution is 2.32. The molecule has 1 heterocycles. The van der Waals surface area contributed by atoms with Gasteiger partial charge in [0.2, 0.25) is 0 Å². The summed E-state index contributed by atoms with van der Waals surface area (Å²) in [5.74, 6) is -0.414. The van der Waals surface area contributed by atoms with Crippen LogP contribution in [0.25, 0.3) is 0 Å². The van der Waals surface area contributed by atoms with Crippen LogP contribution < -0.4 is 16.0 Å². The molecule has 0 fully saturated rings. The van der Waals surface area contributed by atoms with Crippen LogP contribution in [0.1, 0.15) is 32.4 Å². The molecular weight excluding hydrogens is 458 g/mol. The number of thiocarbonyl (C=S) groups is 1. The molecular formula is C23H25N5O5S. The Kier molecular flexibility index (Phi) is 7.79. The highest BCUT2D eigenvalue weighted by Gasteiger charge is 2.34. The van der Waals surface area contributed by atoms with Crippen LogP contribution in [0.15, 0.2) is 59.8 Å². The highest BCUT2D eigenvalue weighted by atomic mass is 32.1. The monoisotopic (exact) mass is 483 g/mol. The van der Waals surface area contributed by atoms with E-state index in [1.807, 2.05) is 18.7 Å². The van der Waals surface area contributed by atoms with Crippen molar-refractivity contribution in [1.29, 1.82) is 0 Å².